The summed E-state index contributed by atoms with van der Waals surface area (Å²) in [5.41, 5.74) is 4.13. The van der Waals surface area contributed by atoms with Gasteiger partial charge in [-0.05, 0) is 31.9 Å². The summed E-state index contributed by atoms with van der Waals surface area (Å²) in [5.74, 6) is 0.401. The number of benzene rings is 1. The lowest BCUT2D eigenvalue weighted by Crippen LogP contribution is -2.24. The van der Waals surface area contributed by atoms with Crippen LogP contribution in [0.2, 0.25) is 0 Å². The van der Waals surface area contributed by atoms with Crippen molar-refractivity contribution < 1.29 is 14.1 Å². The van der Waals surface area contributed by atoms with Crippen molar-refractivity contribution in [1.29, 1.82) is 0 Å². The summed E-state index contributed by atoms with van der Waals surface area (Å²) in [6, 6.07) is 7.73. The molecule has 3 rings (SSSR count). The smallest absolute Gasteiger partial charge is 0.253 e. The second kappa shape index (κ2) is 6.95. The fourth-order valence-electron chi connectivity index (χ4n) is 2.95. The van der Waals surface area contributed by atoms with E-state index in [1.165, 1.54) is 6.92 Å². The average Bonchev–Trinajstić information content (AvgIpc) is 3.18. The maximum absolute atomic E-state index is 12.5. The third kappa shape index (κ3) is 3.28. The zero-order valence-electron chi connectivity index (χ0n) is 15.1. The molecule has 0 aliphatic rings. The van der Waals surface area contributed by atoms with E-state index in [4.69, 9.17) is 4.52 Å². The number of Topliss-reactive ketones (excluding diaryl/α,β-unsaturated/α-hetero) is 1. The van der Waals surface area contributed by atoms with Crippen molar-refractivity contribution >= 4 is 11.7 Å². The molecular weight excluding hydrogens is 332 g/mol. The van der Waals surface area contributed by atoms with Crippen molar-refractivity contribution in [2.45, 2.75) is 34.2 Å². The van der Waals surface area contributed by atoms with Crippen molar-refractivity contribution in [3.05, 3.63) is 58.2 Å². The lowest BCUT2D eigenvalue weighted by atomic mass is 10.1. The molecule has 7 nitrogen and oxygen atoms in total. The molecule has 26 heavy (non-hydrogen) atoms. The van der Waals surface area contributed by atoms with Gasteiger partial charge in [0.15, 0.2) is 5.78 Å². The molecule has 7 heteroatoms. The molecule has 0 bridgehead atoms. The van der Waals surface area contributed by atoms with Crippen LogP contribution in [0.4, 0.5) is 0 Å². The van der Waals surface area contributed by atoms with E-state index in [0.717, 1.165) is 11.1 Å². The Kier molecular flexibility index (Phi) is 4.71. The number of rotatable bonds is 5. The second-order valence-corrected chi connectivity index (χ2v) is 6.19. The summed E-state index contributed by atoms with van der Waals surface area (Å²) in [6.45, 7) is 7.05. The highest BCUT2D eigenvalue weighted by atomic mass is 16.5. The van der Waals surface area contributed by atoms with Crippen molar-refractivity contribution in [1.82, 2.24) is 20.4 Å². The van der Waals surface area contributed by atoms with Gasteiger partial charge in [-0.2, -0.15) is 4.98 Å². The minimum atomic E-state index is -0.292. The van der Waals surface area contributed by atoms with E-state index in [-0.39, 0.29) is 18.2 Å². The molecule has 0 saturated heterocycles. The first kappa shape index (κ1) is 17.6. The minimum absolute atomic E-state index is 0.107. The van der Waals surface area contributed by atoms with Gasteiger partial charge in [0.25, 0.3) is 5.91 Å². The van der Waals surface area contributed by atoms with Gasteiger partial charge in [-0.1, -0.05) is 29.4 Å². The van der Waals surface area contributed by atoms with Crippen LogP contribution >= 0.6 is 0 Å². The number of nitrogens with one attached hydrogen (secondary N) is 2. The summed E-state index contributed by atoms with van der Waals surface area (Å²) >= 11 is 0. The van der Waals surface area contributed by atoms with E-state index in [1.54, 1.807) is 13.8 Å². The summed E-state index contributed by atoms with van der Waals surface area (Å²) in [4.78, 5) is 31.4. The third-order valence-corrected chi connectivity index (χ3v) is 4.27. The van der Waals surface area contributed by atoms with Gasteiger partial charge < -0.3 is 14.8 Å². The van der Waals surface area contributed by atoms with E-state index < -0.39 is 0 Å². The summed E-state index contributed by atoms with van der Waals surface area (Å²) in [6.07, 6.45) is 0. The van der Waals surface area contributed by atoms with Gasteiger partial charge in [0.2, 0.25) is 11.7 Å². The maximum Gasteiger partial charge on any atom is 0.253 e. The number of aryl methyl sites for hydroxylation is 2. The van der Waals surface area contributed by atoms with Gasteiger partial charge in [0.1, 0.15) is 0 Å². The highest BCUT2D eigenvalue weighted by Gasteiger charge is 2.20. The van der Waals surface area contributed by atoms with E-state index in [1.807, 2.05) is 31.2 Å². The largest absolute Gasteiger partial charge is 0.355 e. The number of nitrogens with zero attached hydrogens (tertiary/aromatic N) is 2. The fraction of sp³-hybridized carbons (Fsp3) is 0.263. The molecule has 2 N–H and O–H groups in total. The number of hydrogen-bond donors (Lipinski definition) is 2. The number of amides is 1. The zero-order chi connectivity index (χ0) is 18.8. The number of H-pyrrole nitrogens is 1. The highest BCUT2D eigenvalue weighted by Crippen LogP contribution is 2.20. The molecule has 2 heterocycles. The van der Waals surface area contributed by atoms with Gasteiger partial charge in [0.05, 0.1) is 17.8 Å². The number of hydrogen-bond acceptors (Lipinski definition) is 5. The predicted molar refractivity (Wildman–Crippen MR) is 95.9 cm³/mol. The highest BCUT2D eigenvalue weighted by molar-refractivity contribution is 6.02. The molecule has 3 aromatic rings. The number of ketones is 1. The van der Waals surface area contributed by atoms with Gasteiger partial charge in [0, 0.05) is 18.2 Å². The minimum Gasteiger partial charge on any atom is -0.355 e. The van der Waals surface area contributed by atoms with Crippen LogP contribution in [0.3, 0.4) is 0 Å². The molecule has 0 radical (unpaired) electrons. The van der Waals surface area contributed by atoms with Crippen LogP contribution in [0.25, 0.3) is 11.4 Å². The van der Waals surface area contributed by atoms with Gasteiger partial charge in [-0.25, -0.2) is 0 Å². The van der Waals surface area contributed by atoms with Gasteiger partial charge >= 0.3 is 0 Å². The molecule has 0 aliphatic heterocycles. The van der Waals surface area contributed by atoms with Crippen molar-refractivity contribution in [2.24, 2.45) is 0 Å². The number of carbonyl (C=O) groups is 2. The number of aromatic nitrogens is 3. The average molecular weight is 352 g/mol. The van der Waals surface area contributed by atoms with Gasteiger partial charge in [-0.15, -0.1) is 0 Å². The first-order valence-corrected chi connectivity index (χ1v) is 8.25. The third-order valence-electron chi connectivity index (χ3n) is 4.27. The van der Waals surface area contributed by atoms with Crippen LogP contribution in [-0.2, 0) is 6.54 Å². The lowest BCUT2D eigenvalue weighted by Gasteiger charge is -2.03. The molecule has 0 atom stereocenters. The lowest BCUT2D eigenvalue weighted by molar-refractivity contribution is 0.0945. The Morgan fingerprint density at radius 1 is 1.19 bits per heavy atom. The van der Waals surface area contributed by atoms with Gasteiger partial charge in [-0.3, -0.25) is 9.59 Å². The topological polar surface area (TPSA) is 101 Å². The van der Waals surface area contributed by atoms with E-state index in [2.05, 4.69) is 20.4 Å². The normalized spacial score (nSPS) is 10.8. The Morgan fingerprint density at radius 2 is 1.92 bits per heavy atom. The number of carbonyl (C=O) groups excluding carboxylic acids is 2. The van der Waals surface area contributed by atoms with E-state index >= 15 is 0 Å². The fourth-order valence-corrected chi connectivity index (χ4v) is 2.95. The monoisotopic (exact) mass is 352 g/mol. The molecule has 1 amide bonds. The quantitative estimate of drug-likeness (QED) is 0.687. The number of aromatic amines is 1. The van der Waals surface area contributed by atoms with Crippen LogP contribution in [0.15, 0.2) is 28.8 Å². The zero-order valence-corrected chi connectivity index (χ0v) is 15.1. The summed E-state index contributed by atoms with van der Waals surface area (Å²) in [5, 5.41) is 6.73. The molecule has 0 unspecified atom stereocenters. The second-order valence-electron chi connectivity index (χ2n) is 6.19. The van der Waals surface area contributed by atoms with E-state index in [0.29, 0.717) is 34.2 Å². The SMILES string of the molecule is CC(=O)c1[nH]c(C)c(C(=O)NCc2nc(-c3ccccc3C)no2)c1C. The Balaban J connectivity index is 1.73. The molecule has 0 saturated carbocycles. The maximum atomic E-state index is 12.5. The first-order chi connectivity index (χ1) is 12.4. The van der Waals surface area contributed by atoms with E-state index in [9.17, 15) is 9.59 Å². The van der Waals surface area contributed by atoms with Crippen molar-refractivity contribution in [3.63, 3.8) is 0 Å². The summed E-state index contributed by atoms with van der Waals surface area (Å²) < 4.78 is 5.23. The Hall–Kier alpha value is -3.22. The molecule has 0 spiro atoms. The standard InChI is InChI=1S/C19H20N4O3/c1-10-7-5-6-8-14(10)18-22-15(26-23-18)9-20-19(25)16-11(2)17(13(4)24)21-12(16)3/h5-8,21H,9H2,1-4H3,(H,20,25). The van der Waals surface area contributed by atoms with Crippen LogP contribution in [-0.4, -0.2) is 26.8 Å². The molecule has 0 fully saturated rings. The van der Waals surface area contributed by atoms with Crippen LogP contribution in [0, 0.1) is 20.8 Å². The van der Waals surface area contributed by atoms with Crippen molar-refractivity contribution in [3.8, 4) is 11.4 Å². The Labute approximate surface area is 150 Å². The molecule has 2 aromatic heterocycles. The Bertz CT molecular complexity index is 985. The first-order valence-electron chi connectivity index (χ1n) is 8.25. The molecule has 1 aromatic carbocycles. The van der Waals surface area contributed by atoms with Crippen LogP contribution in [0.5, 0.6) is 0 Å². The van der Waals surface area contributed by atoms with Crippen LogP contribution < -0.4 is 5.32 Å². The van der Waals surface area contributed by atoms with Crippen LogP contribution in [0.1, 0.15) is 50.5 Å². The molecule has 134 valence electrons. The molecule has 0 aliphatic carbocycles. The van der Waals surface area contributed by atoms with Crippen molar-refractivity contribution in [2.75, 3.05) is 0 Å². The predicted octanol–water partition coefficient (Wildman–Crippen LogP) is 3.12. The Morgan fingerprint density at radius 3 is 2.58 bits per heavy atom. The summed E-state index contributed by atoms with van der Waals surface area (Å²) in [7, 11) is 0. The molecular formula is C19H20N4O3.